The topological polar surface area (TPSA) is 118 Å². The first-order chi connectivity index (χ1) is 11.0. The van der Waals surface area contributed by atoms with Crippen molar-refractivity contribution in [1.29, 1.82) is 0 Å². The van der Waals surface area contributed by atoms with Gasteiger partial charge in [-0.3, -0.25) is 19.3 Å². The molecule has 0 saturated carbocycles. The highest BCUT2D eigenvalue weighted by molar-refractivity contribution is 6.02. The molecule has 0 aliphatic rings. The van der Waals surface area contributed by atoms with Crippen LogP contribution in [0.4, 0.5) is 0 Å². The molecule has 0 spiro atoms. The maximum absolute atomic E-state index is 12.1. The molecule has 0 unspecified atom stereocenters. The van der Waals surface area contributed by atoms with Gasteiger partial charge in [0, 0.05) is 24.5 Å². The van der Waals surface area contributed by atoms with E-state index in [4.69, 9.17) is 0 Å². The number of pyridine rings is 2. The Kier molecular flexibility index (Phi) is 3.49. The van der Waals surface area contributed by atoms with Crippen LogP contribution in [0.2, 0.25) is 0 Å². The van der Waals surface area contributed by atoms with Crippen LogP contribution in [0.15, 0.2) is 40.2 Å². The molecular formula is C15H12N4O4. The van der Waals surface area contributed by atoms with Crippen LogP contribution in [0.1, 0.15) is 17.3 Å². The zero-order chi connectivity index (χ0) is 16.6. The summed E-state index contributed by atoms with van der Waals surface area (Å²) in [5.74, 6) is -1.27. The van der Waals surface area contributed by atoms with Crippen LogP contribution in [0.25, 0.3) is 22.3 Å². The number of carboxylic acids is 1. The molecule has 8 heteroatoms. The Morgan fingerprint density at radius 2 is 2.17 bits per heavy atom. The number of H-pyrrole nitrogens is 1. The number of nitrogens with one attached hydrogen (secondary N) is 1. The van der Waals surface area contributed by atoms with Crippen LogP contribution in [0.3, 0.4) is 0 Å². The Morgan fingerprint density at radius 3 is 2.78 bits per heavy atom. The molecule has 2 N–H and O–H groups in total. The van der Waals surface area contributed by atoms with Crippen molar-refractivity contribution >= 4 is 17.0 Å². The van der Waals surface area contributed by atoms with Gasteiger partial charge in [0.25, 0.3) is 5.56 Å². The highest BCUT2D eigenvalue weighted by Gasteiger charge is 2.19. The number of hydrogen-bond acceptors (Lipinski definition) is 5. The van der Waals surface area contributed by atoms with Crippen LogP contribution < -0.4 is 11.2 Å². The van der Waals surface area contributed by atoms with Crippen LogP contribution in [0, 0.1) is 0 Å². The van der Waals surface area contributed by atoms with E-state index in [9.17, 15) is 19.5 Å². The Morgan fingerprint density at radius 1 is 1.39 bits per heavy atom. The quantitative estimate of drug-likeness (QED) is 0.740. The van der Waals surface area contributed by atoms with Crippen LogP contribution in [-0.4, -0.2) is 30.6 Å². The first-order valence-electron chi connectivity index (χ1n) is 6.84. The summed E-state index contributed by atoms with van der Waals surface area (Å²) in [4.78, 5) is 45.9. The van der Waals surface area contributed by atoms with E-state index in [-0.39, 0.29) is 23.1 Å². The predicted octanol–water partition coefficient (Wildman–Crippen LogP) is 0.865. The lowest BCUT2D eigenvalue weighted by atomic mass is 10.1. The normalized spacial score (nSPS) is 10.8. The maximum Gasteiger partial charge on any atom is 0.336 e. The van der Waals surface area contributed by atoms with Gasteiger partial charge < -0.3 is 5.11 Å². The molecule has 116 valence electrons. The number of aromatic nitrogens is 4. The fraction of sp³-hybridized carbons (Fsp3) is 0.133. The van der Waals surface area contributed by atoms with E-state index < -0.39 is 17.2 Å². The van der Waals surface area contributed by atoms with E-state index in [1.54, 1.807) is 25.3 Å². The van der Waals surface area contributed by atoms with E-state index in [1.807, 2.05) is 0 Å². The van der Waals surface area contributed by atoms with E-state index in [2.05, 4.69) is 15.0 Å². The average Bonchev–Trinajstić information content (AvgIpc) is 2.54. The highest BCUT2D eigenvalue weighted by atomic mass is 16.4. The zero-order valence-corrected chi connectivity index (χ0v) is 12.1. The molecule has 3 aromatic rings. The third kappa shape index (κ3) is 2.39. The van der Waals surface area contributed by atoms with Crippen molar-refractivity contribution in [3.63, 3.8) is 0 Å². The number of rotatable bonds is 3. The smallest absolute Gasteiger partial charge is 0.336 e. The van der Waals surface area contributed by atoms with E-state index in [0.717, 1.165) is 0 Å². The number of fused-ring (bicyclic) bond motifs is 1. The molecule has 0 bridgehead atoms. The molecule has 0 aliphatic carbocycles. The summed E-state index contributed by atoms with van der Waals surface area (Å²) >= 11 is 0. The van der Waals surface area contributed by atoms with Gasteiger partial charge in [-0.25, -0.2) is 14.6 Å². The number of carbonyl (C=O) groups is 1. The fourth-order valence-corrected chi connectivity index (χ4v) is 2.40. The number of aryl methyl sites for hydroxylation is 1. The largest absolute Gasteiger partial charge is 0.478 e. The SMILES string of the molecule is CCn1c(=O)[nH]c(=O)c2c(C(=O)O)cc(-c3cccnc3)nc21. The van der Waals surface area contributed by atoms with Gasteiger partial charge in [-0.15, -0.1) is 0 Å². The summed E-state index contributed by atoms with van der Waals surface area (Å²) in [6, 6.07) is 4.71. The lowest BCUT2D eigenvalue weighted by Crippen LogP contribution is -2.31. The molecule has 3 rings (SSSR count). The molecule has 0 aliphatic heterocycles. The second-order valence-electron chi connectivity index (χ2n) is 4.80. The van der Waals surface area contributed by atoms with E-state index in [1.165, 1.54) is 16.8 Å². The summed E-state index contributed by atoms with van der Waals surface area (Å²) in [5, 5.41) is 9.31. The van der Waals surface area contributed by atoms with Gasteiger partial charge in [-0.2, -0.15) is 0 Å². The summed E-state index contributed by atoms with van der Waals surface area (Å²) < 4.78 is 1.23. The molecular weight excluding hydrogens is 300 g/mol. The van der Waals surface area contributed by atoms with Gasteiger partial charge in [0.1, 0.15) is 0 Å². The Hall–Kier alpha value is -3.29. The lowest BCUT2D eigenvalue weighted by molar-refractivity contribution is 0.0699. The van der Waals surface area contributed by atoms with E-state index in [0.29, 0.717) is 11.3 Å². The zero-order valence-electron chi connectivity index (χ0n) is 12.1. The van der Waals surface area contributed by atoms with E-state index >= 15 is 0 Å². The monoisotopic (exact) mass is 312 g/mol. The number of hydrogen-bond donors (Lipinski definition) is 2. The van der Waals surface area contributed by atoms with Gasteiger partial charge in [-0.05, 0) is 25.1 Å². The second kappa shape index (κ2) is 5.48. The van der Waals surface area contributed by atoms with Crippen molar-refractivity contribution in [2.45, 2.75) is 13.5 Å². The Balaban J connectivity index is 2.50. The summed E-state index contributed by atoms with van der Waals surface area (Å²) in [6.07, 6.45) is 3.11. The van der Waals surface area contributed by atoms with Crippen LogP contribution >= 0.6 is 0 Å². The Bertz CT molecular complexity index is 1020. The predicted molar refractivity (Wildman–Crippen MR) is 82.5 cm³/mol. The third-order valence-corrected chi connectivity index (χ3v) is 3.45. The van der Waals surface area contributed by atoms with Gasteiger partial charge in [0.15, 0.2) is 5.65 Å². The van der Waals surface area contributed by atoms with Crippen molar-refractivity contribution in [2.75, 3.05) is 0 Å². The number of aromatic carboxylic acids is 1. The van der Waals surface area contributed by atoms with Crippen molar-refractivity contribution in [3.05, 3.63) is 57.0 Å². The van der Waals surface area contributed by atoms with Gasteiger partial charge >= 0.3 is 11.7 Å². The molecule has 23 heavy (non-hydrogen) atoms. The maximum atomic E-state index is 12.1. The van der Waals surface area contributed by atoms with Crippen molar-refractivity contribution in [1.82, 2.24) is 19.5 Å². The molecule has 8 nitrogen and oxygen atoms in total. The summed E-state index contributed by atoms with van der Waals surface area (Å²) in [5.41, 5.74) is -0.644. The highest BCUT2D eigenvalue weighted by Crippen LogP contribution is 2.21. The standard InChI is InChI=1S/C15H12N4O4/c1-2-19-12-11(13(20)18-15(19)23)9(14(21)22)6-10(17-12)8-4-3-5-16-7-8/h3-7H,2H2,1H3,(H,21,22)(H,18,20,23). The average molecular weight is 312 g/mol. The van der Waals surface area contributed by atoms with Crippen molar-refractivity contribution in [3.8, 4) is 11.3 Å². The number of aromatic amines is 1. The van der Waals surface area contributed by atoms with Crippen molar-refractivity contribution in [2.24, 2.45) is 0 Å². The fourth-order valence-electron chi connectivity index (χ4n) is 2.40. The second-order valence-corrected chi connectivity index (χ2v) is 4.80. The lowest BCUT2D eigenvalue weighted by Gasteiger charge is -2.10. The first kappa shape index (κ1) is 14.6. The summed E-state index contributed by atoms with van der Waals surface area (Å²) in [7, 11) is 0. The minimum Gasteiger partial charge on any atom is -0.478 e. The van der Waals surface area contributed by atoms with Crippen LogP contribution in [-0.2, 0) is 6.54 Å². The van der Waals surface area contributed by atoms with Gasteiger partial charge in [-0.1, -0.05) is 0 Å². The molecule has 0 amide bonds. The summed E-state index contributed by atoms with van der Waals surface area (Å²) in [6.45, 7) is 1.95. The van der Waals surface area contributed by atoms with Gasteiger partial charge in [0.05, 0.1) is 16.6 Å². The van der Waals surface area contributed by atoms with Gasteiger partial charge in [0.2, 0.25) is 0 Å². The minimum atomic E-state index is -1.27. The molecule has 3 aromatic heterocycles. The van der Waals surface area contributed by atoms with Crippen molar-refractivity contribution < 1.29 is 9.90 Å². The molecule has 0 aromatic carbocycles. The molecule has 0 radical (unpaired) electrons. The molecule has 0 atom stereocenters. The Labute approximate surface area is 129 Å². The molecule has 3 heterocycles. The number of nitrogens with zero attached hydrogens (tertiary/aromatic N) is 3. The third-order valence-electron chi connectivity index (χ3n) is 3.45. The number of carboxylic acid groups (broad SMARTS) is 1. The minimum absolute atomic E-state index is 0.0417. The van der Waals surface area contributed by atoms with Crippen LogP contribution in [0.5, 0.6) is 0 Å². The molecule has 0 saturated heterocycles. The first-order valence-corrected chi connectivity index (χ1v) is 6.84. The molecule has 0 fully saturated rings.